The van der Waals surface area contributed by atoms with Gasteiger partial charge in [-0.05, 0) is 33.0 Å². The molecule has 1 heteroatoms. The Morgan fingerprint density at radius 1 is 0.429 bits per heavy atom. The summed E-state index contributed by atoms with van der Waals surface area (Å²) in [6, 6.07) is 0. The fraction of sp³-hybridized carbons (Fsp3) is 1.00. The Kier molecular flexibility index (Phi) is 18.0. The molecule has 0 bridgehead atoms. The van der Waals surface area contributed by atoms with E-state index in [4.69, 9.17) is 0 Å². The van der Waals surface area contributed by atoms with E-state index < -0.39 is 0 Å². The minimum absolute atomic E-state index is 1.26. The molecule has 1 nitrogen and oxygen atoms in total. The van der Waals surface area contributed by atoms with Crippen molar-refractivity contribution in [2.75, 3.05) is 20.1 Å². The Bertz CT molecular complexity index is 179. The second-order valence-electron chi connectivity index (χ2n) is 6.90. The van der Waals surface area contributed by atoms with Gasteiger partial charge in [-0.1, -0.05) is 97.3 Å². The maximum absolute atomic E-state index is 2.47. The van der Waals surface area contributed by atoms with E-state index in [1.165, 1.54) is 109 Å². The van der Waals surface area contributed by atoms with Crippen LogP contribution in [0.1, 0.15) is 110 Å². The van der Waals surface area contributed by atoms with Gasteiger partial charge in [0.1, 0.15) is 0 Å². The molecule has 0 unspecified atom stereocenters. The van der Waals surface area contributed by atoms with E-state index in [0.29, 0.717) is 0 Å². The van der Waals surface area contributed by atoms with Crippen LogP contribution < -0.4 is 0 Å². The fourth-order valence-electron chi connectivity index (χ4n) is 3.07. The van der Waals surface area contributed by atoms with Gasteiger partial charge in [-0.2, -0.15) is 0 Å². The van der Waals surface area contributed by atoms with E-state index in [9.17, 15) is 0 Å². The van der Waals surface area contributed by atoms with Gasteiger partial charge in [-0.25, -0.2) is 0 Å². The summed E-state index contributed by atoms with van der Waals surface area (Å²) in [4.78, 5) is 2.47. The predicted molar refractivity (Wildman–Crippen MR) is 98.1 cm³/mol. The van der Waals surface area contributed by atoms with Crippen LogP contribution in [0.4, 0.5) is 0 Å². The summed E-state index contributed by atoms with van der Waals surface area (Å²) in [5.41, 5.74) is 0. The quantitative estimate of drug-likeness (QED) is 0.266. The lowest BCUT2D eigenvalue weighted by Crippen LogP contribution is -2.20. The van der Waals surface area contributed by atoms with Crippen molar-refractivity contribution in [1.82, 2.24) is 4.90 Å². The standard InChI is InChI=1S/C20H43N/c1-4-6-7-8-9-10-11-12-13-14-15-16-17-18-20-21(3)19-5-2/h4-20H2,1-3H3. The molecule has 0 aliphatic heterocycles. The molecule has 0 radical (unpaired) electrons. The highest BCUT2D eigenvalue weighted by atomic mass is 15.1. The first-order valence-electron chi connectivity index (χ1n) is 9.99. The molecule has 0 fully saturated rings. The molecule has 0 saturated carbocycles. The average molecular weight is 298 g/mol. The molecule has 0 aliphatic rings. The molecule has 0 aliphatic carbocycles. The lowest BCUT2D eigenvalue weighted by molar-refractivity contribution is 0.324. The second kappa shape index (κ2) is 18.0. The Balaban J connectivity index is 2.99. The van der Waals surface area contributed by atoms with Crippen molar-refractivity contribution in [1.29, 1.82) is 0 Å². The average Bonchev–Trinajstić information content (AvgIpc) is 2.48. The normalized spacial score (nSPS) is 11.4. The minimum atomic E-state index is 1.26. The van der Waals surface area contributed by atoms with Crippen LogP contribution in [0.2, 0.25) is 0 Å². The van der Waals surface area contributed by atoms with Crippen LogP contribution in [-0.2, 0) is 0 Å². The molecule has 21 heavy (non-hydrogen) atoms. The molecular weight excluding hydrogens is 254 g/mol. The van der Waals surface area contributed by atoms with Gasteiger partial charge in [0, 0.05) is 0 Å². The molecule has 128 valence electrons. The van der Waals surface area contributed by atoms with Crippen molar-refractivity contribution < 1.29 is 0 Å². The Morgan fingerprint density at radius 3 is 1.19 bits per heavy atom. The number of nitrogens with zero attached hydrogens (tertiary/aromatic N) is 1. The van der Waals surface area contributed by atoms with Crippen molar-refractivity contribution in [3.63, 3.8) is 0 Å². The minimum Gasteiger partial charge on any atom is -0.306 e. The first-order valence-corrected chi connectivity index (χ1v) is 9.99. The van der Waals surface area contributed by atoms with Crippen molar-refractivity contribution >= 4 is 0 Å². The molecule has 0 saturated heterocycles. The van der Waals surface area contributed by atoms with Crippen molar-refractivity contribution in [3.8, 4) is 0 Å². The van der Waals surface area contributed by atoms with E-state index in [2.05, 4.69) is 25.8 Å². The lowest BCUT2D eigenvalue weighted by Gasteiger charge is -2.14. The number of hydrogen-bond acceptors (Lipinski definition) is 1. The van der Waals surface area contributed by atoms with Crippen LogP contribution >= 0.6 is 0 Å². The van der Waals surface area contributed by atoms with Crippen LogP contribution in [0.3, 0.4) is 0 Å². The molecule has 0 aromatic rings. The molecule has 0 heterocycles. The molecular formula is C20H43N. The summed E-state index contributed by atoms with van der Waals surface area (Å²) in [6.45, 7) is 7.12. The summed E-state index contributed by atoms with van der Waals surface area (Å²) in [6.07, 6.45) is 21.7. The number of rotatable bonds is 17. The van der Waals surface area contributed by atoms with Crippen molar-refractivity contribution in [2.45, 2.75) is 110 Å². The highest BCUT2D eigenvalue weighted by molar-refractivity contribution is 4.52. The maximum atomic E-state index is 2.47. The van der Waals surface area contributed by atoms with Crippen molar-refractivity contribution in [3.05, 3.63) is 0 Å². The van der Waals surface area contributed by atoms with Crippen molar-refractivity contribution in [2.24, 2.45) is 0 Å². The summed E-state index contributed by atoms with van der Waals surface area (Å²) in [5, 5.41) is 0. The van der Waals surface area contributed by atoms with Gasteiger partial charge in [0.2, 0.25) is 0 Å². The van der Waals surface area contributed by atoms with E-state index in [1.807, 2.05) is 0 Å². The largest absolute Gasteiger partial charge is 0.306 e. The predicted octanol–water partition coefficient (Wildman–Crippen LogP) is 6.81. The zero-order chi connectivity index (χ0) is 15.6. The maximum Gasteiger partial charge on any atom is -0.00218 e. The molecule has 0 atom stereocenters. The zero-order valence-corrected chi connectivity index (χ0v) is 15.5. The molecule has 0 N–H and O–H groups in total. The molecule has 0 rings (SSSR count). The van der Waals surface area contributed by atoms with Gasteiger partial charge in [0.05, 0.1) is 0 Å². The van der Waals surface area contributed by atoms with Crippen LogP contribution in [0.15, 0.2) is 0 Å². The van der Waals surface area contributed by atoms with E-state index in [1.54, 1.807) is 0 Å². The highest BCUT2D eigenvalue weighted by Crippen LogP contribution is 2.12. The topological polar surface area (TPSA) is 3.24 Å². The van der Waals surface area contributed by atoms with Crippen LogP contribution in [-0.4, -0.2) is 25.0 Å². The van der Waals surface area contributed by atoms with Gasteiger partial charge in [-0.15, -0.1) is 0 Å². The Morgan fingerprint density at radius 2 is 0.810 bits per heavy atom. The van der Waals surface area contributed by atoms with Crippen LogP contribution in [0.25, 0.3) is 0 Å². The van der Waals surface area contributed by atoms with Gasteiger partial charge in [0.25, 0.3) is 0 Å². The summed E-state index contributed by atoms with van der Waals surface area (Å²) in [5.74, 6) is 0. The number of hydrogen-bond donors (Lipinski definition) is 0. The third-order valence-corrected chi connectivity index (χ3v) is 4.50. The van der Waals surface area contributed by atoms with Gasteiger partial charge in [0.15, 0.2) is 0 Å². The van der Waals surface area contributed by atoms with E-state index in [0.717, 1.165) is 0 Å². The van der Waals surface area contributed by atoms with Crippen LogP contribution in [0, 0.1) is 0 Å². The SMILES string of the molecule is CCCCCCCCCCCCCCCCN(C)CCC. The lowest BCUT2D eigenvalue weighted by atomic mass is 10.0. The van der Waals surface area contributed by atoms with E-state index >= 15 is 0 Å². The summed E-state index contributed by atoms with van der Waals surface area (Å²) >= 11 is 0. The van der Waals surface area contributed by atoms with E-state index in [-0.39, 0.29) is 0 Å². The first-order chi connectivity index (χ1) is 10.3. The Labute approximate surface area is 135 Å². The molecule has 0 aromatic carbocycles. The van der Waals surface area contributed by atoms with Gasteiger partial charge < -0.3 is 4.90 Å². The Hall–Kier alpha value is -0.0400. The van der Waals surface area contributed by atoms with Crippen LogP contribution in [0.5, 0.6) is 0 Å². The third kappa shape index (κ3) is 17.9. The summed E-state index contributed by atoms with van der Waals surface area (Å²) in [7, 11) is 2.26. The second-order valence-corrected chi connectivity index (χ2v) is 6.90. The molecule has 0 amide bonds. The summed E-state index contributed by atoms with van der Waals surface area (Å²) < 4.78 is 0. The monoisotopic (exact) mass is 297 g/mol. The van der Waals surface area contributed by atoms with Gasteiger partial charge in [-0.3, -0.25) is 0 Å². The molecule has 0 aromatic heterocycles. The highest BCUT2D eigenvalue weighted by Gasteiger charge is 1.97. The smallest absolute Gasteiger partial charge is 0.00218 e. The molecule has 0 spiro atoms. The van der Waals surface area contributed by atoms with Gasteiger partial charge >= 0.3 is 0 Å². The fourth-order valence-corrected chi connectivity index (χ4v) is 3.07. The third-order valence-electron chi connectivity index (χ3n) is 4.50. The first kappa shape index (κ1) is 21.0. The zero-order valence-electron chi connectivity index (χ0n) is 15.5. The number of unbranched alkanes of at least 4 members (excludes halogenated alkanes) is 13.